The lowest BCUT2D eigenvalue weighted by Gasteiger charge is -2.06. The molecule has 1 aromatic carbocycles. The van der Waals surface area contributed by atoms with Crippen molar-refractivity contribution in [3.05, 3.63) is 39.8 Å². The second-order valence-corrected chi connectivity index (χ2v) is 6.83. The van der Waals surface area contributed by atoms with E-state index in [1.165, 1.54) is 11.8 Å². The van der Waals surface area contributed by atoms with Gasteiger partial charge in [-0.2, -0.15) is 0 Å². The van der Waals surface area contributed by atoms with E-state index in [9.17, 15) is 9.50 Å². The number of imidazole rings is 1. The predicted molar refractivity (Wildman–Crippen MR) is 84.2 cm³/mol. The minimum atomic E-state index is -1.24. The molecule has 114 valence electrons. The van der Waals surface area contributed by atoms with Crippen LogP contribution in [0.4, 0.5) is 4.39 Å². The number of halogens is 3. The second kappa shape index (κ2) is 7.01. The molecule has 1 heterocycles. The van der Waals surface area contributed by atoms with Gasteiger partial charge in [-0.05, 0) is 24.1 Å². The van der Waals surface area contributed by atoms with E-state index in [4.69, 9.17) is 23.2 Å². The van der Waals surface area contributed by atoms with Crippen LogP contribution in [-0.4, -0.2) is 21.7 Å². The first kappa shape index (κ1) is 16.6. The standard InChI is InChI=1S/C14H15Cl2FN2OS/c1-7(2)12-14(19-13(18-12)11(20)6-17)21-10-4-8(15)3-9(16)5-10/h3-5,7,11,20H,6H2,1-2H3,(H,18,19). The molecule has 0 fully saturated rings. The maximum atomic E-state index is 12.6. The Balaban J connectivity index is 2.35. The highest BCUT2D eigenvalue weighted by Crippen LogP contribution is 2.35. The van der Waals surface area contributed by atoms with Crippen LogP contribution in [0.25, 0.3) is 0 Å². The van der Waals surface area contributed by atoms with Gasteiger partial charge >= 0.3 is 0 Å². The van der Waals surface area contributed by atoms with Crippen molar-refractivity contribution in [1.82, 2.24) is 9.97 Å². The summed E-state index contributed by atoms with van der Waals surface area (Å²) in [6.45, 7) is 3.09. The first-order valence-electron chi connectivity index (χ1n) is 6.38. The highest BCUT2D eigenvalue weighted by molar-refractivity contribution is 7.99. The molecule has 3 nitrogen and oxygen atoms in total. The summed E-state index contributed by atoms with van der Waals surface area (Å²) in [6, 6.07) is 5.23. The molecule has 0 amide bonds. The SMILES string of the molecule is CC(C)c1nc(C(O)CF)[nH]c1Sc1cc(Cl)cc(Cl)c1. The van der Waals surface area contributed by atoms with Gasteiger partial charge in [-0.1, -0.05) is 48.8 Å². The molecule has 1 aromatic heterocycles. The zero-order chi connectivity index (χ0) is 15.6. The number of alkyl halides is 1. The highest BCUT2D eigenvalue weighted by Gasteiger charge is 2.19. The number of benzene rings is 1. The lowest BCUT2D eigenvalue weighted by Crippen LogP contribution is -2.01. The van der Waals surface area contributed by atoms with E-state index in [1.54, 1.807) is 18.2 Å². The molecule has 0 spiro atoms. The quantitative estimate of drug-likeness (QED) is 0.799. The highest BCUT2D eigenvalue weighted by atomic mass is 35.5. The van der Waals surface area contributed by atoms with Crippen molar-refractivity contribution in [3.8, 4) is 0 Å². The van der Waals surface area contributed by atoms with Crippen LogP contribution in [0.15, 0.2) is 28.1 Å². The van der Waals surface area contributed by atoms with Gasteiger partial charge in [0.25, 0.3) is 0 Å². The molecule has 21 heavy (non-hydrogen) atoms. The maximum Gasteiger partial charge on any atom is 0.140 e. The summed E-state index contributed by atoms with van der Waals surface area (Å²) in [5.41, 5.74) is 0.776. The number of nitrogens with zero attached hydrogens (tertiary/aromatic N) is 1. The number of hydrogen-bond acceptors (Lipinski definition) is 3. The molecule has 0 radical (unpaired) electrons. The van der Waals surface area contributed by atoms with E-state index >= 15 is 0 Å². The van der Waals surface area contributed by atoms with Gasteiger partial charge in [-0.3, -0.25) is 0 Å². The van der Waals surface area contributed by atoms with Crippen LogP contribution < -0.4 is 0 Å². The van der Waals surface area contributed by atoms with Gasteiger partial charge in [0.15, 0.2) is 0 Å². The Labute approximate surface area is 136 Å². The van der Waals surface area contributed by atoms with Crippen molar-refractivity contribution in [3.63, 3.8) is 0 Å². The molecule has 1 unspecified atom stereocenters. The molecule has 0 aliphatic heterocycles. The largest absolute Gasteiger partial charge is 0.382 e. The summed E-state index contributed by atoms with van der Waals surface area (Å²) in [7, 11) is 0. The molecule has 2 aromatic rings. The Morgan fingerprint density at radius 3 is 2.43 bits per heavy atom. The fourth-order valence-electron chi connectivity index (χ4n) is 1.79. The van der Waals surface area contributed by atoms with Crippen LogP contribution in [0.3, 0.4) is 0 Å². The van der Waals surface area contributed by atoms with Crippen molar-refractivity contribution in [2.24, 2.45) is 0 Å². The van der Waals surface area contributed by atoms with E-state index in [0.29, 0.717) is 10.0 Å². The lowest BCUT2D eigenvalue weighted by atomic mass is 10.2. The number of rotatable bonds is 5. The molecule has 0 bridgehead atoms. The van der Waals surface area contributed by atoms with Crippen LogP contribution in [0.5, 0.6) is 0 Å². The molecular formula is C14H15Cl2FN2OS. The average Bonchev–Trinajstić information content (AvgIpc) is 2.80. The van der Waals surface area contributed by atoms with Gasteiger partial charge in [-0.15, -0.1) is 0 Å². The number of aromatic amines is 1. The first-order chi connectivity index (χ1) is 9.90. The zero-order valence-electron chi connectivity index (χ0n) is 11.5. The van der Waals surface area contributed by atoms with Crippen molar-refractivity contribution in [2.75, 3.05) is 6.67 Å². The molecule has 0 saturated carbocycles. The number of aliphatic hydroxyl groups excluding tert-OH is 1. The summed E-state index contributed by atoms with van der Waals surface area (Å²) in [5, 5.41) is 11.4. The molecule has 1 atom stereocenters. The number of hydrogen-bond donors (Lipinski definition) is 2. The molecule has 0 aliphatic rings. The van der Waals surface area contributed by atoms with Crippen molar-refractivity contribution < 1.29 is 9.50 Å². The van der Waals surface area contributed by atoms with E-state index in [2.05, 4.69) is 9.97 Å². The van der Waals surface area contributed by atoms with Gasteiger partial charge < -0.3 is 10.1 Å². The first-order valence-corrected chi connectivity index (χ1v) is 7.95. The summed E-state index contributed by atoms with van der Waals surface area (Å²) >= 11 is 13.4. The van der Waals surface area contributed by atoms with Gasteiger partial charge in [-0.25, -0.2) is 9.37 Å². The Hall–Kier alpha value is -0.750. The predicted octanol–water partition coefficient (Wildman–Crippen LogP) is 4.99. The van der Waals surface area contributed by atoms with Crippen molar-refractivity contribution in [1.29, 1.82) is 0 Å². The Morgan fingerprint density at radius 2 is 1.90 bits per heavy atom. The summed E-state index contributed by atoms with van der Waals surface area (Å²) in [4.78, 5) is 8.11. The fourth-order valence-corrected chi connectivity index (χ4v) is 3.60. The minimum Gasteiger partial charge on any atom is -0.382 e. The minimum absolute atomic E-state index is 0.138. The van der Waals surface area contributed by atoms with Crippen LogP contribution in [-0.2, 0) is 0 Å². The second-order valence-electron chi connectivity index (χ2n) is 4.87. The zero-order valence-corrected chi connectivity index (χ0v) is 13.9. The normalized spacial score (nSPS) is 12.9. The third-order valence-electron chi connectivity index (χ3n) is 2.78. The van der Waals surface area contributed by atoms with Gasteiger partial charge in [0.1, 0.15) is 23.6 Å². The Kier molecular flexibility index (Phi) is 5.54. The third kappa shape index (κ3) is 4.13. The molecular weight excluding hydrogens is 334 g/mol. The summed E-state index contributed by atoms with van der Waals surface area (Å²) in [5.74, 6) is 0.371. The van der Waals surface area contributed by atoms with E-state index in [1.807, 2.05) is 13.8 Å². The van der Waals surface area contributed by atoms with Gasteiger partial charge in [0.2, 0.25) is 0 Å². The molecule has 2 rings (SSSR count). The summed E-state index contributed by atoms with van der Waals surface area (Å²) in [6.07, 6.45) is -1.24. The van der Waals surface area contributed by atoms with Crippen molar-refractivity contribution in [2.45, 2.75) is 35.8 Å². The van der Waals surface area contributed by atoms with E-state index < -0.39 is 12.8 Å². The van der Waals surface area contributed by atoms with Gasteiger partial charge in [0.05, 0.1) is 5.69 Å². The Bertz CT molecular complexity index is 613. The van der Waals surface area contributed by atoms with E-state index in [0.717, 1.165) is 15.6 Å². The van der Waals surface area contributed by atoms with Crippen LogP contribution in [0, 0.1) is 0 Å². The Morgan fingerprint density at radius 1 is 1.29 bits per heavy atom. The molecule has 0 aliphatic carbocycles. The monoisotopic (exact) mass is 348 g/mol. The van der Waals surface area contributed by atoms with Gasteiger partial charge in [0, 0.05) is 14.9 Å². The number of aromatic nitrogens is 2. The average molecular weight is 349 g/mol. The van der Waals surface area contributed by atoms with Crippen LogP contribution in [0.1, 0.15) is 37.4 Å². The molecule has 2 N–H and O–H groups in total. The fraction of sp³-hybridized carbons (Fsp3) is 0.357. The maximum absolute atomic E-state index is 12.6. The van der Waals surface area contributed by atoms with Crippen LogP contribution >= 0.6 is 35.0 Å². The topological polar surface area (TPSA) is 48.9 Å². The smallest absolute Gasteiger partial charge is 0.140 e. The number of H-pyrrole nitrogens is 1. The molecule has 0 saturated heterocycles. The number of nitrogens with one attached hydrogen (secondary N) is 1. The van der Waals surface area contributed by atoms with Crippen LogP contribution in [0.2, 0.25) is 10.0 Å². The van der Waals surface area contributed by atoms with Crippen molar-refractivity contribution >= 4 is 35.0 Å². The molecule has 7 heteroatoms. The summed E-state index contributed by atoms with van der Waals surface area (Å²) < 4.78 is 12.6. The number of aliphatic hydroxyl groups is 1. The van der Waals surface area contributed by atoms with E-state index in [-0.39, 0.29) is 11.7 Å². The third-order valence-corrected chi connectivity index (χ3v) is 4.20. The lowest BCUT2D eigenvalue weighted by molar-refractivity contribution is 0.133.